The number of hydrogen-bond donors (Lipinski definition) is 0. The zero-order valence-electron chi connectivity index (χ0n) is 20.4. The monoisotopic (exact) mass is 482 g/mol. The molecule has 0 spiro atoms. The van der Waals surface area contributed by atoms with E-state index in [-0.39, 0.29) is 0 Å². The molecule has 5 heteroatoms. The van der Waals surface area contributed by atoms with E-state index in [2.05, 4.69) is 47.4 Å². The van der Waals surface area contributed by atoms with Crippen molar-refractivity contribution >= 4 is 43.7 Å². The van der Waals surface area contributed by atoms with E-state index >= 15 is 0 Å². The largest absolute Gasteiger partial charge is 0.492 e. The summed E-state index contributed by atoms with van der Waals surface area (Å²) in [6.45, 7) is 0. The summed E-state index contributed by atoms with van der Waals surface area (Å²) in [6, 6.07) is 30.9. The highest BCUT2D eigenvalue weighted by Crippen LogP contribution is 2.42. The Hall–Kier alpha value is -4.90. The van der Waals surface area contributed by atoms with Gasteiger partial charge in [0.1, 0.15) is 22.2 Å². The number of ether oxygens (including phenoxy) is 2. The Labute approximate surface area is 212 Å². The summed E-state index contributed by atoms with van der Waals surface area (Å²) in [5, 5.41) is 3.99. The van der Waals surface area contributed by atoms with E-state index in [0.717, 1.165) is 66.1 Å². The van der Waals surface area contributed by atoms with E-state index in [1.807, 2.05) is 48.5 Å². The topological polar surface area (TPSA) is 57.4 Å². The van der Waals surface area contributed by atoms with Crippen LogP contribution < -0.4 is 9.47 Å². The predicted octanol–water partition coefficient (Wildman–Crippen LogP) is 8.03. The molecule has 7 aromatic rings. The molecule has 0 unspecified atom stereocenters. The maximum absolute atomic E-state index is 5.99. The third-order valence-corrected chi connectivity index (χ3v) is 6.92. The molecule has 0 bridgehead atoms. The van der Waals surface area contributed by atoms with Crippen LogP contribution in [-0.4, -0.2) is 24.2 Å². The van der Waals surface area contributed by atoms with Crippen LogP contribution in [-0.2, 0) is 0 Å². The van der Waals surface area contributed by atoms with E-state index in [9.17, 15) is 0 Å². The Bertz CT molecular complexity index is 1960. The van der Waals surface area contributed by atoms with Crippen molar-refractivity contribution in [2.24, 2.45) is 0 Å². The molecule has 0 N–H and O–H groups in total. The molecule has 3 aromatic heterocycles. The highest BCUT2D eigenvalue weighted by molar-refractivity contribution is 6.10. The number of methoxy groups -OCH3 is 2. The molecule has 7 rings (SSSR count). The second-order valence-electron chi connectivity index (χ2n) is 8.95. The summed E-state index contributed by atoms with van der Waals surface area (Å²) < 4.78 is 17.4. The van der Waals surface area contributed by atoms with Crippen molar-refractivity contribution in [2.45, 2.75) is 0 Å². The number of benzene rings is 4. The van der Waals surface area contributed by atoms with Crippen LogP contribution in [0.3, 0.4) is 0 Å². The number of rotatable bonds is 4. The molecule has 0 radical (unpaired) electrons. The van der Waals surface area contributed by atoms with Crippen LogP contribution in [0.5, 0.6) is 11.5 Å². The van der Waals surface area contributed by atoms with Crippen LogP contribution in [0.1, 0.15) is 0 Å². The van der Waals surface area contributed by atoms with Crippen molar-refractivity contribution < 1.29 is 13.9 Å². The van der Waals surface area contributed by atoms with Gasteiger partial charge in [0.15, 0.2) is 11.5 Å². The number of pyridine rings is 2. The number of hydrogen-bond acceptors (Lipinski definition) is 5. The number of nitrogens with zero attached hydrogens (tertiary/aromatic N) is 2. The van der Waals surface area contributed by atoms with Crippen molar-refractivity contribution in [1.82, 2.24) is 9.97 Å². The smallest absolute Gasteiger partial charge is 0.170 e. The molecule has 0 aliphatic carbocycles. The van der Waals surface area contributed by atoms with Gasteiger partial charge < -0.3 is 13.9 Å². The predicted molar refractivity (Wildman–Crippen MR) is 148 cm³/mol. The Balaban J connectivity index is 1.32. The molecule has 5 nitrogen and oxygen atoms in total. The lowest BCUT2D eigenvalue weighted by Gasteiger charge is -2.14. The van der Waals surface area contributed by atoms with Gasteiger partial charge in [-0.25, -0.2) is 4.98 Å². The normalized spacial score (nSPS) is 11.5. The molecule has 178 valence electrons. The van der Waals surface area contributed by atoms with Crippen LogP contribution in [0.25, 0.3) is 66.1 Å². The molecule has 0 saturated carbocycles. The third-order valence-electron chi connectivity index (χ3n) is 6.92. The first kappa shape index (κ1) is 21.4. The molecule has 37 heavy (non-hydrogen) atoms. The summed E-state index contributed by atoms with van der Waals surface area (Å²) in [5.74, 6) is 1.33. The molecule has 0 amide bonds. The molecule has 4 aromatic carbocycles. The van der Waals surface area contributed by atoms with Crippen LogP contribution >= 0.6 is 0 Å². The summed E-state index contributed by atoms with van der Waals surface area (Å²) in [4.78, 5) is 9.64. The zero-order valence-corrected chi connectivity index (χ0v) is 20.4. The summed E-state index contributed by atoms with van der Waals surface area (Å²) >= 11 is 0. The second kappa shape index (κ2) is 8.35. The molecule has 0 aliphatic rings. The van der Waals surface area contributed by atoms with Crippen LogP contribution in [0.2, 0.25) is 0 Å². The molecular weight excluding hydrogens is 460 g/mol. The Morgan fingerprint density at radius 1 is 0.568 bits per heavy atom. The van der Waals surface area contributed by atoms with E-state index in [4.69, 9.17) is 18.9 Å². The highest BCUT2D eigenvalue weighted by Gasteiger charge is 2.18. The van der Waals surface area contributed by atoms with Gasteiger partial charge in [-0.05, 0) is 53.6 Å². The van der Waals surface area contributed by atoms with E-state index < -0.39 is 0 Å². The van der Waals surface area contributed by atoms with Gasteiger partial charge >= 0.3 is 0 Å². The fourth-order valence-corrected chi connectivity index (χ4v) is 5.15. The highest BCUT2D eigenvalue weighted by atomic mass is 16.5. The Morgan fingerprint density at radius 3 is 2.05 bits per heavy atom. The summed E-state index contributed by atoms with van der Waals surface area (Å²) in [6.07, 6.45) is 1.77. The van der Waals surface area contributed by atoms with Crippen molar-refractivity contribution in [2.75, 3.05) is 14.2 Å². The Kier molecular flexibility index (Phi) is 4.83. The van der Waals surface area contributed by atoms with Gasteiger partial charge in [-0.15, -0.1) is 0 Å². The lowest BCUT2D eigenvalue weighted by atomic mass is 10.00. The van der Waals surface area contributed by atoms with E-state index in [1.165, 1.54) is 0 Å². The Morgan fingerprint density at radius 2 is 1.24 bits per heavy atom. The van der Waals surface area contributed by atoms with Gasteiger partial charge in [0.05, 0.1) is 19.9 Å². The van der Waals surface area contributed by atoms with Gasteiger partial charge in [0.25, 0.3) is 0 Å². The number of fused-ring (bicyclic) bond motifs is 6. The first-order valence-electron chi connectivity index (χ1n) is 12.1. The van der Waals surface area contributed by atoms with Crippen LogP contribution in [0.15, 0.2) is 102 Å². The second-order valence-corrected chi connectivity index (χ2v) is 8.95. The molecular formula is C32H22N2O3. The average Bonchev–Trinajstić information content (AvgIpc) is 3.34. The standard InChI is InChI=1S/C32H22N2O3/c1-35-31-23-7-5-17-33-29(23)30-24(32(31)36-2)14-15-26(34-30)20-11-9-19(10-12-20)21-13-16-28-25(18-21)22-6-3-4-8-27(22)37-28/h3-18H,1-2H3. The molecule has 0 fully saturated rings. The van der Waals surface area contributed by atoms with Crippen molar-refractivity contribution in [1.29, 1.82) is 0 Å². The minimum absolute atomic E-state index is 0.662. The average molecular weight is 483 g/mol. The maximum atomic E-state index is 5.99. The summed E-state index contributed by atoms with van der Waals surface area (Å²) in [5.41, 5.74) is 7.55. The number of furan rings is 1. The number of para-hydroxylation sites is 1. The maximum Gasteiger partial charge on any atom is 0.170 e. The van der Waals surface area contributed by atoms with Crippen molar-refractivity contribution in [3.05, 3.63) is 97.2 Å². The van der Waals surface area contributed by atoms with Crippen molar-refractivity contribution in [3.63, 3.8) is 0 Å². The molecule has 0 atom stereocenters. The zero-order chi connectivity index (χ0) is 24.9. The number of aromatic nitrogens is 2. The van der Waals surface area contributed by atoms with Crippen LogP contribution in [0.4, 0.5) is 0 Å². The molecule has 0 saturated heterocycles. The van der Waals surface area contributed by atoms with Gasteiger partial charge in [0, 0.05) is 33.3 Å². The fraction of sp³-hybridized carbons (Fsp3) is 0.0625. The third kappa shape index (κ3) is 3.32. The lowest BCUT2D eigenvalue weighted by Crippen LogP contribution is -1.97. The van der Waals surface area contributed by atoms with Crippen LogP contribution in [0, 0.1) is 0 Å². The SMILES string of the molecule is COc1c(OC)c2ccc(-c3ccc(-c4ccc5oc6ccccc6c5c4)cc3)nc2c2ncccc12. The van der Waals surface area contributed by atoms with Gasteiger partial charge in [-0.2, -0.15) is 0 Å². The first-order valence-corrected chi connectivity index (χ1v) is 12.1. The van der Waals surface area contributed by atoms with E-state index in [0.29, 0.717) is 11.5 Å². The quantitative estimate of drug-likeness (QED) is 0.238. The fourth-order valence-electron chi connectivity index (χ4n) is 5.15. The van der Waals surface area contributed by atoms with Gasteiger partial charge in [-0.1, -0.05) is 48.5 Å². The minimum atomic E-state index is 0.662. The molecule has 0 aliphatic heterocycles. The minimum Gasteiger partial charge on any atom is -0.492 e. The summed E-state index contributed by atoms with van der Waals surface area (Å²) in [7, 11) is 3.29. The van der Waals surface area contributed by atoms with Gasteiger partial charge in [0.2, 0.25) is 0 Å². The van der Waals surface area contributed by atoms with Crippen molar-refractivity contribution in [3.8, 4) is 33.9 Å². The van der Waals surface area contributed by atoms with Gasteiger partial charge in [-0.3, -0.25) is 4.98 Å². The molecule has 3 heterocycles. The van der Waals surface area contributed by atoms with E-state index in [1.54, 1.807) is 20.4 Å². The first-order chi connectivity index (χ1) is 18.2. The lowest BCUT2D eigenvalue weighted by molar-refractivity contribution is 0.362.